The molecule has 13 heteroatoms. The lowest BCUT2D eigenvalue weighted by molar-refractivity contribution is -0.384. The highest BCUT2D eigenvalue weighted by Gasteiger charge is 2.24. The number of sulfonamides is 1. The summed E-state index contributed by atoms with van der Waals surface area (Å²) in [4.78, 5) is 11.8. The van der Waals surface area contributed by atoms with Gasteiger partial charge in [-0.25, -0.2) is 8.42 Å². The van der Waals surface area contributed by atoms with Crippen LogP contribution in [-0.4, -0.2) is 33.4 Å². The van der Waals surface area contributed by atoms with Crippen molar-refractivity contribution in [1.29, 1.82) is 0 Å². The molecule has 0 aliphatic rings. The predicted molar refractivity (Wildman–Crippen MR) is 139 cm³/mol. The lowest BCUT2D eigenvalue weighted by Gasteiger charge is -2.14. The van der Waals surface area contributed by atoms with E-state index in [2.05, 4.69) is 20.2 Å². The molecular weight excluding hydrogens is 520 g/mol. The van der Waals surface area contributed by atoms with Crippen LogP contribution in [0.3, 0.4) is 0 Å². The van der Waals surface area contributed by atoms with Crippen LogP contribution >= 0.6 is 11.6 Å². The second-order valence-electron chi connectivity index (χ2n) is 7.83. The van der Waals surface area contributed by atoms with Crippen LogP contribution in [0.4, 0.5) is 22.7 Å². The number of aromatic nitrogens is 3. The molecular formula is C24H17ClN6O5S. The zero-order chi connectivity index (χ0) is 26.2. The Morgan fingerprint density at radius 1 is 0.892 bits per heavy atom. The summed E-state index contributed by atoms with van der Waals surface area (Å²) < 4.78 is 28.9. The Morgan fingerprint density at radius 3 is 2.41 bits per heavy atom. The number of para-hydroxylation sites is 2. The molecule has 3 N–H and O–H groups in total. The van der Waals surface area contributed by atoms with Gasteiger partial charge in [0.25, 0.3) is 15.7 Å². The Bertz CT molecular complexity index is 1760. The van der Waals surface area contributed by atoms with Gasteiger partial charge in [0.2, 0.25) is 0 Å². The van der Waals surface area contributed by atoms with Crippen LogP contribution in [0.1, 0.15) is 0 Å². The molecule has 0 saturated carbocycles. The van der Waals surface area contributed by atoms with Crippen LogP contribution in [-0.2, 0) is 10.0 Å². The molecule has 0 radical (unpaired) electrons. The summed E-state index contributed by atoms with van der Waals surface area (Å²) in [6.07, 6.45) is 0. The van der Waals surface area contributed by atoms with E-state index in [1.807, 2.05) is 0 Å². The monoisotopic (exact) mass is 536 g/mol. The van der Waals surface area contributed by atoms with Gasteiger partial charge in [-0.2, -0.15) is 0 Å². The van der Waals surface area contributed by atoms with Crippen molar-refractivity contribution in [2.24, 2.45) is 0 Å². The molecule has 0 spiro atoms. The first-order chi connectivity index (χ1) is 17.7. The molecule has 0 aliphatic heterocycles. The summed E-state index contributed by atoms with van der Waals surface area (Å²) in [6.45, 7) is 0. The van der Waals surface area contributed by atoms with Gasteiger partial charge in [0.15, 0.2) is 5.69 Å². The van der Waals surface area contributed by atoms with Gasteiger partial charge >= 0.3 is 0 Å². The van der Waals surface area contributed by atoms with Crippen molar-refractivity contribution in [1.82, 2.24) is 15.0 Å². The summed E-state index contributed by atoms with van der Waals surface area (Å²) in [6, 6.07) is 21.3. The van der Waals surface area contributed by atoms with Crippen molar-refractivity contribution in [3.8, 4) is 11.4 Å². The van der Waals surface area contributed by atoms with Gasteiger partial charge in [-0.05, 0) is 54.6 Å². The van der Waals surface area contributed by atoms with Crippen molar-refractivity contribution >= 4 is 55.4 Å². The highest BCUT2D eigenvalue weighted by atomic mass is 35.5. The standard InChI is InChI=1S/C24H17ClN6O5S/c25-15-9-11-18-21(13-15)28-30(27-18)24-20(7-4-8-23(24)32)29-37(35,36)17-10-12-19(22(14-17)31(33)34)26-16-5-2-1-3-6-16/h1-14,26,29,32H. The summed E-state index contributed by atoms with van der Waals surface area (Å²) in [5.74, 6) is -0.292. The van der Waals surface area contributed by atoms with Gasteiger partial charge < -0.3 is 10.4 Å². The van der Waals surface area contributed by atoms with Gasteiger partial charge in [-0.1, -0.05) is 35.9 Å². The SMILES string of the molecule is O=[N+]([O-])c1cc(S(=O)(=O)Nc2cccc(O)c2-n2nc3ccc(Cl)cc3n2)ccc1Nc1ccccc1. The average molecular weight is 537 g/mol. The average Bonchev–Trinajstić information content (AvgIpc) is 3.27. The molecule has 0 bridgehead atoms. The van der Waals surface area contributed by atoms with Crippen molar-refractivity contribution in [3.63, 3.8) is 0 Å². The van der Waals surface area contributed by atoms with E-state index in [0.29, 0.717) is 21.7 Å². The van der Waals surface area contributed by atoms with Crippen molar-refractivity contribution in [2.75, 3.05) is 10.0 Å². The molecule has 5 aromatic rings. The minimum absolute atomic E-state index is 0.0322. The summed E-state index contributed by atoms with van der Waals surface area (Å²) >= 11 is 6.01. The van der Waals surface area contributed by atoms with Crippen LogP contribution in [0.5, 0.6) is 5.75 Å². The predicted octanol–water partition coefficient (Wildman–Crippen LogP) is 5.23. The molecule has 0 fully saturated rings. The Kier molecular flexibility index (Phi) is 6.11. The van der Waals surface area contributed by atoms with Crippen molar-refractivity contribution in [2.45, 2.75) is 4.90 Å². The van der Waals surface area contributed by atoms with Crippen LogP contribution in [0, 0.1) is 10.1 Å². The smallest absolute Gasteiger partial charge is 0.294 e. The second kappa shape index (κ2) is 9.41. The Labute approximate surface area is 215 Å². The lowest BCUT2D eigenvalue weighted by Crippen LogP contribution is -2.16. The molecule has 4 aromatic carbocycles. The first-order valence-corrected chi connectivity index (χ1v) is 12.6. The highest BCUT2D eigenvalue weighted by Crippen LogP contribution is 2.34. The van der Waals surface area contributed by atoms with Crippen LogP contribution < -0.4 is 10.0 Å². The summed E-state index contributed by atoms with van der Waals surface area (Å²) in [5, 5.41) is 34.2. The number of nitro groups is 1. The number of aromatic hydroxyl groups is 1. The fraction of sp³-hybridized carbons (Fsp3) is 0. The molecule has 11 nitrogen and oxygen atoms in total. The molecule has 0 atom stereocenters. The quantitative estimate of drug-likeness (QED) is 0.189. The number of halogens is 1. The molecule has 186 valence electrons. The number of anilines is 3. The zero-order valence-electron chi connectivity index (χ0n) is 18.7. The topological polar surface area (TPSA) is 152 Å². The fourth-order valence-electron chi connectivity index (χ4n) is 3.63. The fourth-order valence-corrected chi connectivity index (χ4v) is 4.88. The minimum Gasteiger partial charge on any atom is -0.506 e. The van der Waals surface area contributed by atoms with Gasteiger partial charge in [0.05, 0.1) is 15.5 Å². The van der Waals surface area contributed by atoms with E-state index in [1.165, 1.54) is 30.3 Å². The van der Waals surface area contributed by atoms with E-state index in [4.69, 9.17) is 11.6 Å². The third kappa shape index (κ3) is 4.87. The van der Waals surface area contributed by atoms with Crippen molar-refractivity contribution in [3.05, 3.63) is 100 Å². The minimum atomic E-state index is -4.33. The molecule has 0 unspecified atom stereocenters. The number of nitro benzene ring substituents is 1. The van der Waals surface area contributed by atoms with E-state index < -0.39 is 20.6 Å². The first-order valence-electron chi connectivity index (χ1n) is 10.7. The third-order valence-electron chi connectivity index (χ3n) is 5.33. The maximum absolute atomic E-state index is 13.3. The number of fused-ring (bicyclic) bond motifs is 1. The van der Waals surface area contributed by atoms with Crippen LogP contribution in [0.15, 0.2) is 89.8 Å². The number of phenols is 1. The van der Waals surface area contributed by atoms with Gasteiger partial charge in [-0.15, -0.1) is 15.0 Å². The first kappa shape index (κ1) is 24.0. The van der Waals surface area contributed by atoms with Gasteiger partial charge in [0, 0.05) is 16.8 Å². The zero-order valence-corrected chi connectivity index (χ0v) is 20.3. The van der Waals surface area contributed by atoms with E-state index in [1.54, 1.807) is 48.5 Å². The number of hydrogen-bond acceptors (Lipinski definition) is 8. The number of nitrogens with one attached hydrogen (secondary N) is 2. The largest absolute Gasteiger partial charge is 0.506 e. The second-order valence-corrected chi connectivity index (χ2v) is 9.95. The molecule has 0 saturated heterocycles. The lowest BCUT2D eigenvalue weighted by atomic mass is 10.2. The Hall–Kier alpha value is -4.68. The number of phenolic OH excluding ortho intramolecular Hbond substituents is 1. The summed E-state index contributed by atoms with van der Waals surface area (Å²) in [7, 11) is -4.33. The summed E-state index contributed by atoms with van der Waals surface area (Å²) in [5.41, 5.74) is 1.12. The number of benzene rings is 4. The maximum atomic E-state index is 13.3. The molecule has 5 rings (SSSR count). The van der Waals surface area contributed by atoms with E-state index in [9.17, 15) is 23.6 Å². The molecule has 1 heterocycles. The molecule has 0 amide bonds. The number of hydrogen-bond donors (Lipinski definition) is 3. The van der Waals surface area contributed by atoms with Crippen molar-refractivity contribution < 1.29 is 18.4 Å². The van der Waals surface area contributed by atoms with E-state index in [-0.39, 0.29) is 27.7 Å². The van der Waals surface area contributed by atoms with Gasteiger partial charge in [0.1, 0.15) is 22.5 Å². The molecule has 37 heavy (non-hydrogen) atoms. The van der Waals surface area contributed by atoms with E-state index >= 15 is 0 Å². The number of rotatable bonds is 7. The highest BCUT2D eigenvalue weighted by molar-refractivity contribution is 7.92. The Morgan fingerprint density at radius 2 is 1.65 bits per heavy atom. The third-order valence-corrected chi connectivity index (χ3v) is 6.93. The Balaban J connectivity index is 1.52. The van der Waals surface area contributed by atoms with Crippen LogP contribution in [0.25, 0.3) is 16.7 Å². The number of nitrogens with zero attached hydrogens (tertiary/aromatic N) is 4. The normalized spacial score (nSPS) is 11.4. The van der Waals surface area contributed by atoms with Gasteiger partial charge in [-0.3, -0.25) is 14.8 Å². The maximum Gasteiger partial charge on any atom is 0.294 e. The molecule has 1 aromatic heterocycles. The van der Waals surface area contributed by atoms with Crippen LogP contribution in [0.2, 0.25) is 5.02 Å². The molecule has 0 aliphatic carbocycles. The van der Waals surface area contributed by atoms with E-state index in [0.717, 1.165) is 10.9 Å².